The molecule has 2 aromatic rings. The molecule has 0 aliphatic heterocycles. The maximum atomic E-state index is 14.4. The highest BCUT2D eigenvalue weighted by molar-refractivity contribution is 6.30. The predicted octanol–water partition coefficient (Wildman–Crippen LogP) is 4.10. The van der Waals surface area contributed by atoms with Gasteiger partial charge in [0.05, 0.1) is 13.2 Å². The Labute approximate surface area is 123 Å². The van der Waals surface area contributed by atoms with Crippen LogP contribution in [0.4, 0.5) is 4.39 Å². The van der Waals surface area contributed by atoms with E-state index in [1.807, 2.05) is 25.1 Å². The summed E-state index contributed by atoms with van der Waals surface area (Å²) < 4.78 is 19.5. The van der Waals surface area contributed by atoms with E-state index in [1.165, 1.54) is 7.11 Å². The minimum atomic E-state index is -0.353. The summed E-state index contributed by atoms with van der Waals surface area (Å²) in [6, 6.07) is 10.5. The first-order chi connectivity index (χ1) is 9.58. The molecule has 106 valence electrons. The molecule has 0 radical (unpaired) electrons. The van der Waals surface area contributed by atoms with E-state index in [0.29, 0.717) is 10.6 Å². The van der Waals surface area contributed by atoms with E-state index in [-0.39, 0.29) is 17.6 Å². The van der Waals surface area contributed by atoms with Gasteiger partial charge in [-0.3, -0.25) is 0 Å². The molecule has 2 rings (SSSR count). The van der Waals surface area contributed by atoms with Gasteiger partial charge in [0.2, 0.25) is 0 Å². The third-order valence-corrected chi connectivity index (χ3v) is 3.60. The van der Waals surface area contributed by atoms with Crippen LogP contribution in [0.15, 0.2) is 36.4 Å². The summed E-state index contributed by atoms with van der Waals surface area (Å²) in [5.41, 5.74) is 2.54. The maximum Gasteiger partial charge on any atom is 0.170 e. The summed E-state index contributed by atoms with van der Waals surface area (Å²) in [6.45, 7) is 1.98. The van der Waals surface area contributed by atoms with E-state index >= 15 is 0 Å². The summed E-state index contributed by atoms with van der Waals surface area (Å²) in [5.74, 6) is -0.115. The summed E-state index contributed by atoms with van der Waals surface area (Å²) in [6.07, 6.45) is 0. The largest absolute Gasteiger partial charge is 0.494 e. The van der Waals surface area contributed by atoms with Crippen LogP contribution in [0.3, 0.4) is 0 Å². The quantitative estimate of drug-likeness (QED) is 0.916. The van der Waals surface area contributed by atoms with Crippen molar-refractivity contribution in [1.82, 2.24) is 5.32 Å². The van der Waals surface area contributed by atoms with Gasteiger partial charge in [0.25, 0.3) is 0 Å². The standard InChI is InChI=1S/C16H17ClFNO/c1-10-7-8-11(17)9-13(10)16(19-2)12-5-4-6-14(20-3)15(12)18/h4-9,16,19H,1-3H3. The molecule has 0 aromatic heterocycles. The predicted molar refractivity (Wildman–Crippen MR) is 80.0 cm³/mol. The van der Waals surface area contributed by atoms with Crippen LogP contribution < -0.4 is 10.1 Å². The Balaban J connectivity index is 2.55. The molecule has 0 aliphatic carbocycles. The van der Waals surface area contributed by atoms with Crippen molar-refractivity contribution in [2.24, 2.45) is 0 Å². The fraction of sp³-hybridized carbons (Fsp3) is 0.250. The Kier molecular flexibility index (Phi) is 4.63. The lowest BCUT2D eigenvalue weighted by Gasteiger charge is -2.21. The van der Waals surface area contributed by atoms with Crippen LogP contribution in [-0.4, -0.2) is 14.2 Å². The van der Waals surface area contributed by atoms with Crippen LogP contribution in [0.2, 0.25) is 5.02 Å². The van der Waals surface area contributed by atoms with Gasteiger partial charge < -0.3 is 10.1 Å². The lowest BCUT2D eigenvalue weighted by molar-refractivity contribution is 0.382. The molecule has 0 bridgehead atoms. The molecular weight excluding hydrogens is 277 g/mol. The van der Waals surface area contributed by atoms with Crippen LogP contribution in [-0.2, 0) is 0 Å². The van der Waals surface area contributed by atoms with Crippen LogP contribution in [0.25, 0.3) is 0 Å². The van der Waals surface area contributed by atoms with Gasteiger partial charge in [0, 0.05) is 10.6 Å². The monoisotopic (exact) mass is 293 g/mol. The zero-order valence-corrected chi connectivity index (χ0v) is 12.5. The third kappa shape index (κ3) is 2.79. The molecule has 1 atom stereocenters. The Morgan fingerprint density at radius 3 is 2.60 bits per heavy atom. The molecule has 0 saturated carbocycles. The van der Waals surface area contributed by atoms with Crippen LogP contribution in [0, 0.1) is 12.7 Å². The smallest absolute Gasteiger partial charge is 0.170 e. The fourth-order valence-electron chi connectivity index (χ4n) is 2.31. The first kappa shape index (κ1) is 14.8. The molecule has 0 saturated heterocycles. The summed E-state index contributed by atoms with van der Waals surface area (Å²) in [4.78, 5) is 0. The number of benzene rings is 2. The van der Waals surface area contributed by atoms with Crippen molar-refractivity contribution in [3.63, 3.8) is 0 Å². The van der Waals surface area contributed by atoms with E-state index in [4.69, 9.17) is 16.3 Å². The molecule has 0 heterocycles. The second-order valence-corrected chi connectivity index (χ2v) is 5.02. The Morgan fingerprint density at radius 1 is 1.20 bits per heavy atom. The minimum Gasteiger partial charge on any atom is -0.494 e. The zero-order valence-electron chi connectivity index (χ0n) is 11.7. The maximum absolute atomic E-state index is 14.4. The van der Waals surface area contributed by atoms with Gasteiger partial charge in [-0.2, -0.15) is 0 Å². The number of aryl methyl sites for hydroxylation is 1. The van der Waals surface area contributed by atoms with Crippen LogP contribution >= 0.6 is 11.6 Å². The highest BCUT2D eigenvalue weighted by Crippen LogP contribution is 2.31. The van der Waals surface area contributed by atoms with Crippen molar-refractivity contribution in [1.29, 1.82) is 0 Å². The lowest BCUT2D eigenvalue weighted by Crippen LogP contribution is -2.20. The summed E-state index contributed by atoms with van der Waals surface area (Å²) in [5, 5.41) is 3.77. The van der Waals surface area contributed by atoms with E-state index in [0.717, 1.165) is 11.1 Å². The summed E-state index contributed by atoms with van der Waals surface area (Å²) in [7, 11) is 3.26. The van der Waals surface area contributed by atoms with E-state index in [9.17, 15) is 4.39 Å². The molecule has 2 nitrogen and oxygen atoms in total. The highest BCUT2D eigenvalue weighted by atomic mass is 35.5. The number of rotatable bonds is 4. The van der Waals surface area contributed by atoms with Gasteiger partial charge in [-0.05, 0) is 43.3 Å². The normalized spacial score (nSPS) is 12.2. The molecular formula is C16H17ClFNO. The number of methoxy groups -OCH3 is 1. The van der Waals surface area contributed by atoms with Crippen molar-refractivity contribution < 1.29 is 9.13 Å². The molecule has 1 N–H and O–H groups in total. The second-order valence-electron chi connectivity index (χ2n) is 4.59. The number of halogens is 2. The third-order valence-electron chi connectivity index (χ3n) is 3.37. The minimum absolute atomic E-state index is 0.238. The topological polar surface area (TPSA) is 21.3 Å². The lowest BCUT2D eigenvalue weighted by atomic mass is 9.94. The van der Waals surface area contributed by atoms with Crippen molar-refractivity contribution >= 4 is 11.6 Å². The Bertz CT molecular complexity index is 615. The van der Waals surface area contributed by atoms with E-state index < -0.39 is 0 Å². The number of hydrogen-bond acceptors (Lipinski definition) is 2. The molecule has 4 heteroatoms. The van der Waals surface area contributed by atoms with Crippen LogP contribution in [0.5, 0.6) is 5.75 Å². The van der Waals surface area contributed by atoms with Crippen LogP contribution in [0.1, 0.15) is 22.7 Å². The average molecular weight is 294 g/mol. The van der Waals surface area contributed by atoms with E-state index in [1.54, 1.807) is 25.2 Å². The molecule has 0 amide bonds. The Hall–Kier alpha value is -1.58. The first-order valence-corrected chi connectivity index (χ1v) is 6.72. The first-order valence-electron chi connectivity index (χ1n) is 6.34. The van der Waals surface area contributed by atoms with E-state index in [2.05, 4.69) is 5.32 Å². The highest BCUT2D eigenvalue weighted by Gasteiger charge is 2.20. The molecule has 0 spiro atoms. The molecule has 20 heavy (non-hydrogen) atoms. The zero-order chi connectivity index (χ0) is 14.7. The average Bonchev–Trinajstić information content (AvgIpc) is 2.45. The van der Waals surface area contributed by atoms with Crippen molar-refractivity contribution in [3.05, 3.63) is 63.9 Å². The molecule has 2 aromatic carbocycles. The van der Waals surface area contributed by atoms with Crippen molar-refractivity contribution in [2.45, 2.75) is 13.0 Å². The number of ether oxygens (including phenoxy) is 1. The Morgan fingerprint density at radius 2 is 1.95 bits per heavy atom. The van der Waals surface area contributed by atoms with Gasteiger partial charge in [-0.25, -0.2) is 4.39 Å². The summed E-state index contributed by atoms with van der Waals surface area (Å²) >= 11 is 6.06. The molecule has 1 unspecified atom stereocenters. The number of nitrogens with one attached hydrogen (secondary N) is 1. The van der Waals surface area contributed by atoms with Gasteiger partial charge >= 0.3 is 0 Å². The fourth-order valence-corrected chi connectivity index (χ4v) is 2.49. The molecule has 0 fully saturated rings. The van der Waals surface area contributed by atoms with Crippen molar-refractivity contribution in [2.75, 3.05) is 14.2 Å². The van der Waals surface area contributed by atoms with Gasteiger partial charge in [-0.1, -0.05) is 29.8 Å². The SMILES string of the molecule is CNC(c1cc(Cl)ccc1C)c1cccc(OC)c1F. The number of hydrogen-bond donors (Lipinski definition) is 1. The molecule has 0 aliphatic rings. The second kappa shape index (κ2) is 6.25. The van der Waals surface area contributed by atoms with Gasteiger partial charge in [-0.15, -0.1) is 0 Å². The van der Waals surface area contributed by atoms with Gasteiger partial charge in [0.15, 0.2) is 11.6 Å². The van der Waals surface area contributed by atoms with Gasteiger partial charge in [0.1, 0.15) is 0 Å². The van der Waals surface area contributed by atoms with Crippen molar-refractivity contribution in [3.8, 4) is 5.75 Å².